The summed E-state index contributed by atoms with van der Waals surface area (Å²) < 4.78 is 0. The number of hydrogen-bond donors (Lipinski definition) is 1. The Bertz CT molecular complexity index is 404. The number of carbonyl (C=O) groups excluding carboxylic acids is 2. The summed E-state index contributed by atoms with van der Waals surface area (Å²) in [5.41, 5.74) is 0. The molecule has 21 heavy (non-hydrogen) atoms. The van der Waals surface area contributed by atoms with E-state index in [1.807, 2.05) is 0 Å². The van der Waals surface area contributed by atoms with Crippen LogP contribution in [-0.2, 0) is 9.59 Å². The molecule has 3 atom stereocenters. The first-order chi connectivity index (χ1) is 10.1. The van der Waals surface area contributed by atoms with Gasteiger partial charge < -0.3 is 5.32 Å². The highest BCUT2D eigenvalue weighted by Gasteiger charge is 2.42. The third-order valence-corrected chi connectivity index (χ3v) is 5.58. The number of nitrogens with one attached hydrogen (secondary N) is 1. The van der Waals surface area contributed by atoms with Crippen molar-refractivity contribution in [3.05, 3.63) is 0 Å². The van der Waals surface area contributed by atoms with Gasteiger partial charge >= 0.3 is 0 Å². The minimum absolute atomic E-state index is 0.0398. The molecule has 118 valence electrons. The van der Waals surface area contributed by atoms with Crippen LogP contribution in [0.25, 0.3) is 0 Å². The summed E-state index contributed by atoms with van der Waals surface area (Å²) in [7, 11) is 0. The van der Waals surface area contributed by atoms with Crippen LogP contribution in [0.2, 0.25) is 0 Å². The van der Waals surface area contributed by atoms with E-state index in [1.165, 1.54) is 25.7 Å². The Morgan fingerprint density at radius 2 is 1.86 bits per heavy atom. The van der Waals surface area contributed by atoms with Gasteiger partial charge in [-0.05, 0) is 44.1 Å². The molecule has 2 aliphatic carbocycles. The molecule has 3 rings (SSSR count). The van der Waals surface area contributed by atoms with Crippen LogP contribution in [-0.4, -0.2) is 35.3 Å². The van der Waals surface area contributed by atoms with Crippen LogP contribution in [0.4, 0.5) is 0 Å². The van der Waals surface area contributed by atoms with Crippen LogP contribution >= 0.6 is 0 Å². The van der Waals surface area contributed by atoms with Gasteiger partial charge in [-0.1, -0.05) is 32.6 Å². The van der Waals surface area contributed by atoms with Crippen molar-refractivity contribution in [1.29, 1.82) is 0 Å². The molecule has 1 heterocycles. The fourth-order valence-electron chi connectivity index (χ4n) is 4.35. The van der Waals surface area contributed by atoms with Crippen LogP contribution in [0.1, 0.15) is 64.7 Å². The average molecular weight is 292 g/mol. The highest BCUT2D eigenvalue weighted by molar-refractivity contribution is 6.05. The second-order valence-corrected chi connectivity index (χ2v) is 7.34. The molecule has 1 aliphatic heterocycles. The third kappa shape index (κ3) is 3.31. The monoisotopic (exact) mass is 292 g/mol. The van der Waals surface area contributed by atoms with E-state index in [-0.39, 0.29) is 23.9 Å². The second-order valence-electron chi connectivity index (χ2n) is 7.34. The van der Waals surface area contributed by atoms with Crippen LogP contribution in [0.3, 0.4) is 0 Å². The van der Waals surface area contributed by atoms with Crippen LogP contribution < -0.4 is 5.32 Å². The van der Waals surface area contributed by atoms with Gasteiger partial charge in [0, 0.05) is 6.04 Å². The van der Waals surface area contributed by atoms with Gasteiger partial charge in [0.05, 0.1) is 12.5 Å². The molecule has 0 aromatic heterocycles. The Morgan fingerprint density at radius 1 is 1.10 bits per heavy atom. The van der Waals surface area contributed by atoms with Gasteiger partial charge in [-0.25, -0.2) is 0 Å². The quantitative estimate of drug-likeness (QED) is 0.810. The fraction of sp³-hybridized carbons (Fsp3) is 0.882. The lowest BCUT2D eigenvalue weighted by Gasteiger charge is -2.29. The number of carbonyl (C=O) groups is 2. The summed E-state index contributed by atoms with van der Waals surface area (Å²) in [6, 6.07) is -0.0765. The van der Waals surface area contributed by atoms with E-state index in [0.717, 1.165) is 38.1 Å². The number of likely N-dealkylation sites (tertiary alicyclic amines) is 1. The largest absolute Gasteiger partial charge is 0.305 e. The molecule has 3 fully saturated rings. The molecule has 0 aromatic carbocycles. The molecular formula is C17H28N2O2. The van der Waals surface area contributed by atoms with Gasteiger partial charge in [-0.15, -0.1) is 0 Å². The zero-order valence-electron chi connectivity index (χ0n) is 13.1. The van der Waals surface area contributed by atoms with Gasteiger partial charge in [0.25, 0.3) is 0 Å². The van der Waals surface area contributed by atoms with E-state index < -0.39 is 0 Å². The van der Waals surface area contributed by atoms with Gasteiger partial charge in [-0.3, -0.25) is 14.5 Å². The standard InChI is InChI=1S/C17H28N2O2/c1-12-7-8-13(9-12)11-18-15-10-16(20)19(17(15)21)14-5-3-2-4-6-14/h12-15,18H,2-11H2,1H3. The van der Waals surface area contributed by atoms with Crippen molar-refractivity contribution < 1.29 is 9.59 Å². The van der Waals surface area contributed by atoms with Crippen molar-refractivity contribution in [2.45, 2.75) is 76.8 Å². The van der Waals surface area contributed by atoms with Crippen molar-refractivity contribution in [2.24, 2.45) is 11.8 Å². The van der Waals surface area contributed by atoms with E-state index in [1.54, 1.807) is 4.90 Å². The third-order valence-electron chi connectivity index (χ3n) is 5.58. The summed E-state index contributed by atoms with van der Waals surface area (Å²) in [5.74, 6) is 1.59. The van der Waals surface area contributed by atoms with Crippen LogP contribution in [0.15, 0.2) is 0 Å². The summed E-state index contributed by atoms with van der Waals surface area (Å²) in [6.45, 7) is 3.20. The molecule has 0 aromatic rings. The highest BCUT2D eigenvalue weighted by Crippen LogP contribution is 2.31. The predicted octanol–water partition coefficient (Wildman–Crippen LogP) is 2.47. The molecule has 1 N–H and O–H groups in total. The first-order valence-electron chi connectivity index (χ1n) is 8.74. The number of nitrogens with zero attached hydrogens (tertiary/aromatic N) is 1. The molecule has 4 nitrogen and oxygen atoms in total. The second kappa shape index (κ2) is 6.47. The predicted molar refractivity (Wildman–Crippen MR) is 81.6 cm³/mol. The van der Waals surface area contributed by atoms with Crippen molar-refractivity contribution >= 4 is 11.8 Å². The zero-order chi connectivity index (χ0) is 14.8. The van der Waals surface area contributed by atoms with Crippen molar-refractivity contribution in [2.75, 3.05) is 6.54 Å². The van der Waals surface area contributed by atoms with Crippen LogP contribution in [0, 0.1) is 11.8 Å². The number of imide groups is 1. The Hall–Kier alpha value is -0.900. The first kappa shape index (κ1) is 15.0. The molecule has 1 saturated heterocycles. The molecule has 0 bridgehead atoms. The van der Waals surface area contributed by atoms with Crippen molar-refractivity contribution in [3.63, 3.8) is 0 Å². The van der Waals surface area contributed by atoms with Gasteiger partial charge in [0.15, 0.2) is 0 Å². The molecule has 4 heteroatoms. The fourth-order valence-corrected chi connectivity index (χ4v) is 4.35. The normalized spacial score (nSPS) is 34.9. The topological polar surface area (TPSA) is 49.4 Å². The lowest BCUT2D eigenvalue weighted by Crippen LogP contribution is -2.45. The highest BCUT2D eigenvalue weighted by atomic mass is 16.2. The average Bonchev–Trinajstić information content (AvgIpc) is 3.01. The van der Waals surface area contributed by atoms with E-state index >= 15 is 0 Å². The maximum Gasteiger partial charge on any atom is 0.247 e. The minimum Gasteiger partial charge on any atom is -0.305 e. The SMILES string of the molecule is CC1CCC(CNC2CC(=O)N(C3CCCCC3)C2=O)C1. The zero-order valence-corrected chi connectivity index (χ0v) is 13.1. The van der Waals surface area contributed by atoms with Gasteiger partial charge in [0.2, 0.25) is 11.8 Å². The molecule has 0 spiro atoms. The van der Waals surface area contributed by atoms with Crippen molar-refractivity contribution in [3.8, 4) is 0 Å². The number of hydrogen-bond acceptors (Lipinski definition) is 3. The van der Waals surface area contributed by atoms with E-state index in [2.05, 4.69) is 12.2 Å². The first-order valence-corrected chi connectivity index (χ1v) is 8.74. The Labute approximate surface area is 127 Å². The van der Waals surface area contributed by atoms with Gasteiger partial charge in [0.1, 0.15) is 0 Å². The number of amides is 2. The molecule has 3 unspecified atom stereocenters. The summed E-state index contributed by atoms with van der Waals surface area (Å²) in [4.78, 5) is 26.3. The lowest BCUT2D eigenvalue weighted by molar-refractivity contribution is -0.142. The smallest absolute Gasteiger partial charge is 0.247 e. The summed E-state index contributed by atoms with van der Waals surface area (Å²) in [5, 5.41) is 3.38. The molecule has 0 radical (unpaired) electrons. The number of rotatable bonds is 4. The van der Waals surface area contributed by atoms with Gasteiger partial charge in [-0.2, -0.15) is 0 Å². The van der Waals surface area contributed by atoms with E-state index in [0.29, 0.717) is 12.3 Å². The molecule has 2 saturated carbocycles. The lowest BCUT2D eigenvalue weighted by atomic mass is 9.94. The summed E-state index contributed by atoms with van der Waals surface area (Å²) in [6.07, 6.45) is 9.75. The maximum absolute atomic E-state index is 12.5. The molecular weight excluding hydrogens is 264 g/mol. The van der Waals surface area contributed by atoms with Crippen LogP contribution in [0.5, 0.6) is 0 Å². The Balaban J connectivity index is 1.53. The van der Waals surface area contributed by atoms with E-state index in [9.17, 15) is 9.59 Å². The summed E-state index contributed by atoms with van der Waals surface area (Å²) >= 11 is 0. The Kier molecular flexibility index (Phi) is 4.63. The molecule has 3 aliphatic rings. The minimum atomic E-state index is -0.254. The molecule has 2 amide bonds. The van der Waals surface area contributed by atoms with Crippen molar-refractivity contribution in [1.82, 2.24) is 10.2 Å². The maximum atomic E-state index is 12.5. The Morgan fingerprint density at radius 3 is 2.52 bits per heavy atom. The van der Waals surface area contributed by atoms with E-state index in [4.69, 9.17) is 0 Å².